The molecule has 6 rings (SSSR count). The van der Waals surface area contributed by atoms with E-state index in [4.69, 9.17) is 33.2 Å². The van der Waals surface area contributed by atoms with Crippen molar-refractivity contribution in [1.82, 2.24) is 20.0 Å². The molecule has 4 aliphatic rings. The highest BCUT2D eigenvalue weighted by atomic mass is 35.5. The van der Waals surface area contributed by atoms with Crippen LogP contribution in [0.1, 0.15) is 133 Å². The molecule has 15 heteroatoms. The molecule has 2 aromatic carbocycles. The van der Waals surface area contributed by atoms with Crippen LogP contribution in [0.5, 0.6) is 23.0 Å². The van der Waals surface area contributed by atoms with E-state index in [0.717, 1.165) is 57.4 Å². The van der Waals surface area contributed by atoms with Crippen LogP contribution in [0.15, 0.2) is 36.4 Å². The number of piperidine rings is 2. The fourth-order valence-electron chi connectivity index (χ4n) is 8.19. The topological polar surface area (TPSA) is 138 Å². The highest BCUT2D eigenvalue weighted by Gasteiger charge is 2.35. The van der Waals surface area contributed by atoms with Gasteiger partial charge in [0.1, 0.15) is 5.60 Å². The van der Waals surface area contributed by atoms with E-state index >= 15 is 0 Å². The van der Waals surface area contributed by atoms with Gasteiger partial charge in [0, 0.05) is 89.2 Å². The van der Waals surface area contributed by atoms with Crippen molar-refractivity contribution in [3.63, 3.8) is 0 Å². The third kappa shape index (κ3) is 17.6. The average Bonchev–Trinajstić information content (AvgIpc) is 4.23. The Kier molecular flexibility index (Phi) is 22.5. The molecular formula is C51H81ClN4O10. The number of methoxy groups -OCH3 is 2. The van der Waals surface area contributed by atoms with Crippen LogP contribution in [0.3, 0.4) is 0 Å². The third-order valence-corrected chi connectivity index (χ3v) is 11.9. The van der Waals surface area contributed by atoms with Crippen molar-refractivity contribution in [2.45, 2.75) is 142 Å². The normalized spacial score (nSPS) is 18.4. The Labute approximate surface area is 401 Å². The predicted octanol–water partition coefficient (Wildman–Crippen LogP) is 9.06. The van der Waals surface area contributed by atoms with Crippen LogP contribution >= 0.6 is 12.4 Å². The van der Waals surface area contributed by atoms with Crippen molar-refractivity contribution in [2.75, 3.05) is 80.0 Å². The van der Waals surface area contributed by atoms with Crippen molar-refractivity contribution in [3.8, 4) is 23.0 Å². The van der Waals surface area contributed by atoms with Gasteiger partial charge in [-0.15, -0.1) is 12.4 Å². The predicted molar refractivity (Wildman–Crippen MR) is 260 cm³/mol. The van der Waals surface area contributed by atoms with Gasteiger partial charge in [0.25, 0.3) is 11.8 Å². The lowest BCUT2D eigenvalue weighted by molar-refractivity contribution is 0.00751. The Balaban J connectivity index is 0.000000290. The first kappa shape index (κ1) is 54.6. The van der Waals surface area contributed by atoms with E-state index in [1.54, 1.807) is 25.2 Å². The fourth-order valence-corrected chi connectivity index (χ4v) is 8.19. The van der Waals surface area contributed by atoms with E-state index in [-0.39, 0.29) is 54.5 Å². The van der Waals surface area contributed by atoms with Crippen LogP contribution in [-0.2, 0) is 14.2 Å². The molecule has 66 heavy (non-hydrogen) atoms. The van der Waals surface area contributed by atoms with Crippen LogP contribution in [0.4, 0.5) is 4.79 Å². The first-order valence-corrected chi connectivity index (χ1v) is 24.3. The molecule has 4 fully saturated rings. The molecule has 0 unspecified atom stereocenters. The van der Waals surface area contributed by atoms with Gasteiger partial charge in [-0.05, 0) is 155 Å². The summed E-state index contributed by atoms with van der Waals surface area (Å²) < 4.78 is 39.8. The van der Waals surface area contributed by atoms with Gasteiger partial charge in [0.05, 0.1) is 32.5 Å². The number of rotatable bonds is 22. The minimum absolute atomic E-state index is 0. The number of nitrogens with zero attached hydrogens (tertiary/aromatic N) is 3. The van der Waals surface area contributed by atoms with Crippen LogP contribution in [0.2, 0.25) is 0 Å². The SMILES string of the molecule is COCCCOc1cc(C(=O)N(C(C)C)[C@@H]2CCCN(C(=O)OC(C)(C)C)C2)ccc1OCC1CC1.COCCCOc1cc(C(=O)N(C(C)C)[C@@H]2CCCNC2)ccc1OCC1CC1.Cl. The molecule has 0 bridgehead atoms. The highest BCUT2D eigenvalue weighted by Crippen LogP contribution is 2.36. The van der Waals surface area contributed by atoms with E-state index in [1.807, 2.05) is 74.8 Å². The molecule has 2 saturated carbocycles. The minimum atomic E-state index is -0.555. The zero-order chi connectivity index (χ0) is 46.9. The number of nitrogens with one attached hydrogen (secondary N) is 1. The first-order valence-electron chi connectivity index (χ1n) is 24.3. The van der Waals surface area contributed by atoms with Crippen molar-refractivity contribution in [3.05, 3.63) is 47.5 Å². The number of ether oxygens (including phenoxy) is 7. The van der Waals surface area contributed by atoms with E-state index in [9.17, 15) is 14.4 Å². The van der Waals surface area contributed by atoms with Crippen LogP contribution in [-0.4, -0.2) is 142 Å². The number of hydrogen-bond donors (Lipinski definition) is 1. The lowest BCUT2D eigenvalue weighted by Gasteiger charge is -2.41. The number of amides is 3. The van der Waals surface area contributed by atoms with Crippen LogP contribution in [0, 0.1) is 11.8 Å². The summed E-state index contributed by atoms with van der Waals surface area (Å²) in [6, 6.07) is 11.3. The summed E-state index contributed by atoms with van der Waals surface area (Å²) >= 11 is 0. The zero-order valence-electron chi connectivity index (χ0n) is 41.4. The summed E-state index contributed by atoms with van der Waals surface area (Å²) in [4.78, 5) is 45.5. The summed E-state index contributed by atoms with van der Waals surface area (Å²) in [6.45, 7) is 20.4. The number of carbonyl (C=O) groups is 3. The summed E-state index contributed by atoms with van der Waals surface area (Å²) in [5.74, 6) is 3.89. The second kappa shape index (κ2) is 27.1. The molecule has 2 aliphatic heterocycles. The van der Waals surface area contributed by atoms with E-state index in [0.29, 0.717) is 92.9 Å². The molecule has 2 heterocycles. The smallest absolute Gasteiger partial charge is 0.410 e. The minimum Gasteiger partial charge on any atom is -0.490 e. The maximum Gasteiger partial charge on any atom is 0.410 e. The molecule has 0 spiro atoms. The number of likely N-dealkylation sites (tertiary alicyclic amines) is 1. The van der Waals surface area contributed by atoms with Crippen molar-refractivity contribution in [2.24, 2.45) is 11.8 Å². The maximum atomic E-state index is 13.8. The van der Waals surface area contributed by atoms with E-state index < -0.39 is 5.60 Å². The molecule has 2 saturated heterocycles. The molecular weight excluding hydrogens is 864 g/mol. The summed E-state index contributed by atoms with van der Waals surface area (Å²) in [7, 11) is 3.35. The Morgan fingerprint density at radius 1 is 0.667 bits per heavy atom. The molecule has 14 nitrogen and oxygen atoms in total. The second-order valence-corrected chi connectivity index (χ2v) is 19.6. The average molecular weight is 946 g/mol. The van der Waals surface area contributed by atoms with E-state index in [2.05, 4.69) is 19.2 Å². The molecule has 372 valence electrons. The first-order chi connectivity index (χ1) is 31.2. The van der Waals surface area contributed by atoms with Gasteiger partial charge in [0.15, 0.2) is 23.0 Å². The number of benzene rings is 2. The van der Waals surface area contributed by atoms with Gasteiger partial charge in [-0.3, -0.25) is 9.59 Å². The summed E-state index contributed by atoms with van der Waals surface area (Å²) in [5.41, 5.74) is 0.656. The maximum absolute atomic E-state index is 13.8. The van der Waals surface area contributed by atoms with Crippen LogP contribution in [0.25, 0.3) is 0 Å². The zero-order valence-corrected chi connectivity index (χ0v) is 42.2. The standard InChI is InChI=1S/C28H44N2O6.C23H36N2O4.ClH/c1-20(2)30(23-9-7-14-29(18-23)27(32)36-28(3,4)5)26(31)22-12-13-24(35-19-21-10-11-21)25(17-22)34-16-8-15-33-6;1-17(2)25(20-6-4-11-24-15-20)23(26)19-9-10-21(29-16-18-7-8-18)22(14-19)28-13-5-12-27-3;/h12-13,17,20-21,23H,7-11,14-16,18-19H2,1-6H3;9-10,14,17-18,20,24H,4-8,11-13,15-16H2,1-3H3;1H/t23-;20-;/m11./s1. The Morgan fingerprint density at radius 2 is 1.15 bits per heavy atom. The Hall–Kier alpha value is -3.98. The number of halogens is 1. The molecule has 3 amide bonds. The molecule has 2 aromatic rings. The Bertz CT molecular complexity index is 1790. The van der Waals surface area contributed by atoms with Gasteiger partial charge in [-0.1, -0.05) is 0 Å². The quantitative estimate of drug-likeness (QED) is 0.113. The summed E-state index contributed by atoms with van der Waals surface area (Å²) in [5, 5.41) is 3.42. The van der Waals surface area contributed by atoms with Gasteiger partial charge in [-0.2, -0.15) is 0 Å². The van der Waals surface area contributed by atoms with Crippen molar-refractivity contribution in [1.29, 1.82) is 0 Å². The lowest BCUT2D eigenvalue weighted by Crippen LogP contribution is -2.54. The van der Waals surface area contributed by atoms with Gasteiger partial charge < -0.3 is 53.2 Å². The van der Waals surface area contributed by atoms with Crippen molar-refractivity contribution < 1.29 is 47.5 Å². The molecule has 0 aromatic heterocycles. The second-order valence-electron chi connectivity index (χ2n) is 19.6. The fraction of sp³-hybridized carbons (Fsp3) is 0.706. The molecule has 2 atom stereocenters. The molecule has 1 N–H and O–H groups in total. The molecule has 0 radical (unpaired) electrons. The van der Waals surface area contributed by atoms with Gasteiger partial charge >= 0.3 is 6.09 Å². The van der Waals surface area contributed by atoms with E-state index in [1.165, 1.54) is 25.7 Å². The largest absolute Gasteiger partial charge is 0.490 e. The number of carbonyl (C=O) groups excluding carboxylic acids is 3. The number of hydrogen-bond acceptors (Lipinski definition) is 11. The monoisotopic (exact) mass is 945 g/mol. The molecule has 2 aliphatic carbocycles. The van der Waals surface area contributed by atoms with Crippen molar-refractivity contribution >= 4 is 30.3 Å². The van der Waals surface area contributed by atoms with Gasteiger partial charge in [-0.25, -0.2) is 4.79 Å². The van der Waals surface area contributed by atoms with Crippen LogP contribution < -0.4 is 24.3 Å². The lowest BCUT2D eigenvalue weighted by atomic mass is 10.0. The highest BCUT2D eigenvalue weighted by molar-refractivity contribution is 5.96. The third-order valence-electron chi connectivity index (χ3n) is 11.9. The Morgan fingerprint density at radius 3 is 1.58 bits per heavy atom. The van der Waals surface area contributed by atoms with Gasteiger partial charge in [0.2, 0.25) is 0 Å². The summed E-state index contributed by atoms with van der Waals surface area (Å²) in [6.07, 6.45) is 9.89.